The van der Waals surface area contributed by atoms with E-state index in [1.165, 1.54) is 4.31 Å². The average Bonchev–Trinajstić information content (AvgIpc) is 2.86. The van der Waals surface area contributed by atoms with Crippen molar-refractivity contribution >= 4 is 41.9 Å². The van der Waals surface area contributed by atoms with E-state index in [9.17, 15) is 8.42 Å². The lowest BCUT2D eigenvalue weighted by Crippen LogP contribution is -2.34. The smallest absolute Gasteiger partial charge is 0.244 e. The summed E-state index contributed by atoms with van der Waals surface area (Å²) in [5.41, 5.74) is 0.984. The van der Waals surface area contributed by atoms with Crippen molar-refractivity contribution in [3.8, 4) is 0 Å². The molecule has 0 saturated carbocycles. The molecule has 0 amide bonds. The Bertz CT molecular complexity index is 598. The Labute approximate surface area is 136 Å². The van der Waals surface area contributed by atoms with Crippen molar-refractivity contribution in [2.24, 2.45) is 0 Å². The predicted octanol–water partition coefficient (Wildman–Crippen LogP) is 3.32. The van der Waals surface area contributed by atoms with Gasteiger partial charge in [-0.1, -0.05) is 15.9 Å². The van der Waals surface area contributed by atoms with Crippen molar-refractivity contribution in [3.05, 3.63) is 26.6 Å². The summed E-state index contributed by atoms with van der Waals surface area (Å²) in [6.07, 6.45) is 1.92. The first-order valence-electron chi connectivity index (χ1n) is 6.36. The highest BCUT2D eigenvalue weighted by atomic mass is 79.9. The van der Waals surface area contributed by atoms with Crippen molar-refractivity contribution in [1.29, 1.82) is 0 Å². The number of hydrogen-bond donors (Lipinski definition) is 0. The predicted molar refractivity (Wildman–Crippen MR) is 85.4 cm³/mol. The fraction of sp³-hybridized carbons (Fsp3) is 0.538. The van der Waals surface area contributed by atoms with Crippen LogP contribution < -0.4 is 0 Å². The minimum atomic E-state index is -3.52. The quantitative estimate of drug-likeness (QED) is 0.741. The monoisotopic (exact) mass is 425 g/mol. The van der Waals surface area contributed by atoms with E-state index >= 15 is 0 Å². The van der Waals surface area contributed by atoms with Crippen molar-refractivity contribution < 1.29 is 13.2 Å². The van der Waals surface area contributed by atoms with Crippen LogP contribution >= 0.6 is 31.9 Å². The lowest BCUT2D eigenvalue weighted by molar-refractivity contribution is 0.0979. The Morgan fingerprint density at radius 3 is 2.65 bits per heavy atom. The molecule has 0 bridgehead atoms. The highest BCUT2D eigenvalue weighted by Gasteiger charge is 2.28. The number of sulfonamides is 1. The molecular formula is C13H17Br2NO3S. The Morgan fingerprint density at radius 2 is 2.05 bits per heavy atom. The van der Waals surface area contributed by atoms with Crippen LogP contribution in [0.2, 0.25) is 0 Å². The van der Waals surface area contributed by atoms with Gasteiger partial charge < -0.3 is 4.74 Å². The van der Waals surface area contributed by atoms with Gasteiger partial charge in [-0.2, -0.15) is 4.31 Å². The van der Waals surface area contributed by atoms with Gasteiger partial charge in [-0.15, -0.1) is 0 Å². The molecule has 0 aromatic heterocycles. The lowest BCUT2D eigenvalue weighted by Gasteiger charge is -2.21. The summed E-state index contributed by atoms with van der Waals surface area (Å²) in [6, 6.07) is 3.44. The lowest BCUT2D eigenvalue weighted by atomic mass is 10.2. The summed E-state index contributed by atoms with van der Waals surface area (Å²) in [4.78, 5) is 0.274. The zero-order valence-corrected chi connectivity index (χ0v) is 15.4. The molecule has 1 atom stereocenters. The van der Waals surface area contributed by atoms with Crippen LogP contribution in [0.3, 0.4) is 0 Å². The Kier molecular flexibility index (Phi) is 5.29. The highest BCUT2D eigenvalue weighted by molar-refractivity contribution is 9.11. The number of likely N-dealkylation sites (N-methyl/N-ethyl adjacent to an activating group) is 1. The molecule has 1 heterocycles. The molecule has 1 aromatic carbocycles. The third-order valence-corrected chi connectivity index (χ3v) is 7.02. The molecule has 1 fully saturated rings. The van der Waals surface area contributed by atoms with Gasteiger partial charge in [0.2, 0.25) is 10.0 Å². The molecule has 0 radical (unpaired) electrons. The molecule has 0 aliphatic carbocycles. The highest BCUT2D eigenvalue weighted by Crippen LogP contribution is 2.30. The molecule has 1 saturated heterocycles. The van der Waals surface area contributed by atoms with Crippen molar-refractivity contribution in [3.63, 3.8) is 0 Å². The van der Waals surface area contributed by atoms with Gasteiger partial charge in [0.1, 0.15) is 0 Å². The zero-order chi connectivity index (χ0) is 14.9. The van der Waals surface area contributed by atoms with Gasteiger partial charge >= 0.3 is 0 Å². The maximum absolute atomic E-state index is 12.6. The van der Waals surface area contributed by atoms with Gasteiger partial charge in [-0.3, -0.25) is 0 Å². The molecule has 112 valence electrons. The second-order valence-electron chi connectivity index (χ2n) is 4.95. The molecular weight excluding hydrogens is 410 g/mol. The van der Waals surface area contributed by atoms with Crippen LogP contribution in [-0.4, -0.2) is 39.0 Å². The molecule has 0 N–H and O–H groups in total. The van der Waals surface area contributed by atoms with Crippen LogP contribution in [0.25, 0.3) is 0 Å². The van der Waals surface area contributed by atoms with Gasteiger partial charge in [0.25, 0.3) is 0 Å². The van der Waals surface area contributed by atoms with E-state index in [2.05, 4.69) is 31.9 Å². The molecule has 7 heteroatoms. The maximum atomic E-state index is 12.6. The van der Waals surface area contributed by atoms with E-state index in [1.807, 2.05) is 6.92 Å². The number of rotatable bonds is 4. The Balaban J connectivity index is 2.27. The van der Waals surface area contributed by atoms with Gasteiger partial charge in [0.15, 0.2) is 0 Å². The van der Waals surface area contributed by atoms with Gasteiger partial charge in [-0.25, -0.2) is 8.42 Å². The number of nitrogens with zero attached hydrogens (tertiary/aromatic N) is 1. The van der Waals surface area contributed by atoms with Crippen LogP contribution in [0.5, 0.6) is 0 Å². The van der Waals surface area contributed by atoms with Gasteiger partial charge in [-0.05, 0) is 53.4 Å². The van der Waals surface area contributed by atoms with E-state index in [0.29, 0.717) is 11.0 Å². The fourth-order valence-electron chi connectivity index (χ4n) is 2.17. The molecule has 1 aliphatic heterocycles. The summed E-state index contributed by atoms with van der Waals surface area (Å²) in [7, 11) is -1.93. The minimum absolute atomic E-state index is 0.00226. The topological polar surface area (TPSA) is 46.6 Å². The van der Waals surface area contributed by atoms with Crippen LogP contribution in [-0.2, 0) is 14.8 Å². The number of halogens is 2. The van der Waals surface area contributed by atoms with E-state index in [0.717, 1.165) is 29.5 Å². The average molecular weight is 427 g/mol. The summed E-state index contributed by atoms with van der Waals surface area (Å²) >= 11 is 6.72. The van der Waals surface area contributed by atoms with E-state index < -0.39 is 10.0 Å². The third-order valence-electron chi connectivity index (χ3n) is 3.39. The number of aryl methyl sites for hydroxylation is 1. The first-order valence-corrected chi connectivity index (χ1v) is 9.38. The van der Waals surface area contributed by atoms with Crippen molar-refractivity contribution in [2.75, 3.05) is 20.2 Å². The van der Waals surface area contributed by atoms with Crippen LogP contribution in [0.15, 0.2) is 26.0 Å². The second kappa shape index (κ2) is 6.44. The number of benzene rings is 1. The second-order valence-corrected chi connectivity index (χ2v) is 8.67. The van der Waals surface area contributed by atoms with Crippen LogP contribution in [0.4, 0.5) is 0 Å². The minimum Gasteiger partial charge on any atom is -0.377 e. The van der Waals surface area contributed by atoms with E-state index in [4.69, 9.17) is 4.74 Å². The molecule has 20 heavy (non-hydrogen) atoms. The third kappa shape index (κ3) is 3.44. The molecule has 0 spiro atoms. The molecule has 2 rings (SSSR count). The first-order chi connectivity index (χ1) is 9.32. The number of hydrogen-bond acceptors (Lipinski definition) is 3. The summed E-state index contributed by atoms with van der Waals surface area (Å²) in [5.74, 6) is 0. The molecule has 1 aliphatic rings. The molecule has 4 nitrogen and oxygen atoms in total. The largest absolute Gasteiger partial charge is 0.377 e. The SMILES string of the molecule is Cc1cc(Br)c(S(=O)(=O)N(C)CC2CCCO2)cc1Br. The normalized spacial score (nSPS) is 19.8. The zero-order valence-electron chi connectivity index (χ0n) is 11.4. The summed E-state index contributed by atoms with van der Waals surface area (Å²) in [5, 5.41) is 0. The van der Waals surface area contributed by atoms with E-state index in [-0.39, 0.29) is 11.0 Å². The number of ether oxygens (including phenoxy) is 1. The van der Waals surface area contributed by atoms with E-state index in [1.54, 1.807) is 19.2 Å². The molecule has 1 unspecified atom stereocenters. The maximum Gasteiger partial charge on any atom is 0.244 e. The Hall–Kier alpha value is 0.0500. The first kappa shape index (κ1) is 16.4. The van der Waals surface area contributed by atoms with Crippen LogP contribution in [0.1, 0.15) is 18.4 Å². The summed E-state index contributed by atoms with van der Waals surface area (Å²) in [6.45, 7) is 3.03. The standard InChI is InChI=1S/C13H17Br2NO3S/c1-9-6-12(15)13(7-11(9)14)20(17,18)16(2)8-10-4-3-5-19-10/h6-7,10H,3-5,8H2,1-2H3. The van der Waals surface area contributed by atoms with Crippen LogP contribution in [0, 0.1) is 6.92 Å². The van der Waals surface area contributed by atoms with Gasteiger partial charge in [0, 0.05) is 29.1 Å². The Morgan fingerprint density at radius 1 is 1.35 bits per heavy atom. The van der Waals surface area contributed by atoms with Gasteiger partial charge in [0.05, 0.1) is 11.0 Å². The molecule has 1 aromatic rings. The van der Waals surface area contributed by atoms with Crippen molar-refractivity contribution in [1.82, 2.24) is 4.31 Å². The summed E-state index contributed by atoms with van der Waals surface area (Å²) < 4.78 is 33.5. The fourth-order valence-corrected chi connectivity index (χ4v) is 5.00. The van der Waals surface area contributed by atoms with Crippen molar-refractivity contribution in [2.45, 2.75) is 30.8 Å².